The molecule has 3 fully saturated rings. The number of aliphatic hydroxyl groups is 1. The Morgan fingerprint density at radius 3 is 2.78 bits per heavy atom. The van der Waals surface area contributed by atoms with Gasteiger partial charge in [0.2, 0.25) is 5.91 Å². The minimum absolute atomic E-state index is 0.0571. The molecule has 27 heavy (non-hydrogen) atoms. The van der Waals surface area contributed by atoms with Gasteiger partial charge < -0.3 is 25.2 Å². The van der Waals surface area contributed by atoms with E-state index in [9.17, 15) is 19.8 Å². The van der Waals surface area contributed by atoms with E-state index >= 15 is 0 Å². The predicted molar refractivity (Wildman–Crippen MR) is 100 cm³/mol. The smallest absolute Gasteiger partial charge is 0.353 e. The van der Waals surface area contributed by atoms with E-state index in [0.717, 1.165) is 44.2 Å². The molecule has 3 N–H and O–H groups in total. The number of thioether (sulfide) groups is 1. The molecule has 1 unspecified atom stereocenters. The lowest BCUT2D eigenvalue weighted by molar-refractivity contribution is -0.163. The molecule has 1 amide bonds. The molecule has 0 bridgehead atoms. The average Bonchev–Trinajstić information content (AvgIpc) is 2.83. The molecule has 5 atom stereocenters. The number of nitrogens with zero attached hydrogens (tertiary/aromatic N) is 2. The number of carboxylic acid groups (broad SMARTS) is 1. The van der Waals surface area contributed by atoms with Gasteiger partial charge in [-0.15, -0.1) is 11.8 Å². The van der Waals surface area contributed by atoms with Crippen molar-refractivity contribution in [2.45, 2.75) is 37.3 Å². The van der Waals surface area contributed by atoms with E-state index < -0.39 is 18.0 Å². The largest absolute Gasteiger partial charge is 0.477 e. The van der Waals surface area contributed by atoms with Crippen molar-refractivity contribution in [3.05, 3.63) is 10.6 Å². The third-order valence-electron chi connectivity index (χ3n) is 5.99. The van der Waals surface area contributed by atoms with Crippen molar-refractivity contribution in [1.82, 2.24) is 15.1 Å². The zero-order valence-electron chi connectivity index (χ0n) is 15.6. The number of likely N-dealkylation sites (tertiary alicyclic amines) is 1. The number of fused-ring (bicyclic) bond motifs is 1. The van der Waals surface area contributed by atoms with E-state index in [2.05, 4.69) is 10.2 Å². The van der Waals surface area contributed by atoms with Crippen LogP contribution in [0.15, 0.2) is 10.6 Å². The second kappa shape index (κ2) is 7.36. The molecule has 4 rings (SSSR count). The first-order valence-corrected chi connectivity index (χ1v) is 10.5. The normalized spacial score (nSPS) is 35.7. The first-order chi connectivity index (χ1) is 12.9. The van der Waals surface area contributed by atoms with Crippen molar-refractivity contribution in [3.63, 3.8) is 0 Å². The Balaban J connectivity index is 1.38. The highest BCUT2D eigenvalue weighted by molar-refractivity contribution is 8.03. The van der Waals surface area contributed by atoms with E-state index in [1.807, 2.05) is 6.92 Å². The first kappa shape index (κ1) is 19.2. The minimum atomic E-state index is -1.05. The third kappa shape index (κ3) is 3.29. The van der Waals surface area contributed by atoms with Crippen LogP contribution in [0.4, 0.5) is 0 Å². The van der Waals surface area contributed by atoms with E-state index in [1.54, 1.807) is 18.7 Å². The highest BCUT2D eigenvalue weighted by Crippen LogP contribution is 2.51. The lowest BCUT2D eigenvalue weighted by atomic mass is 9.79. The number of rotatable bonds is 6. The molecule has 8 nitrogen and oxygen atoms in total. The number of ether oxygens (including phenoxy) is 1. The van der Waals surface area contributed by atoms with E-state index in [-0.39, 0.29) is 29.7 Å². The fourth-order valence-corrected chi connectivity index (χ4v) is 6.21. The summed E-state index contributed by atoms with van der Waals surface area (Å²) < 4.78 is 5.74. The van der Waals surface area contributed by atoms with Gasteiger partial charge in [-0.1, -0.05) is 6.92 Å². The van der Waals surface area contributed by atoms with E-state index in [0.29, 0.717) is 5.25 Å². The molecule has 0 aromatic heterocycles. The lowest BCUT2D eigenvalue weighted by Gasteiger charge is -2.46. The Labute approximate surface area is 162 Å². The van der Waals surface area contributed by atoms with Gasteiger partial charge in [-0.3, -0.25) is 9.69 Å². The monoisotopic (exact) mass is 397 g/mol. The average molecular weight is 397 g/mol. The molecule has 0 aromatic rings. The number of hydrogen-bond acceptors (Lipinski definition) is 7. The standard InChI is InChI=1S/C18H27N3O5S/c1-9-14-13(10(2)22)17(23)21(14)15(18(24)25)16(9)27-12-7-20(8-12)6-11-5-19-3-4-26-11/h9-14,19,22H,3-8H2,1-2H3,(H,24,25)/t9-,10?,11-,13-,14-/m1/s1. The van der Waals surface area contributed by atoms with Crippen LogP contribution in [0.2, 0.25) is 0 Å². The molecule has 9 heteroatoms. The highest BCUT2D eigenvalue weighted by atomic mass is 32.2. The van der Waals surface area contributed by atoms with Crippen LogP contribution in [0.25, 0.3) is 0 Å². The Kier molecular flexibility index (Phi) is 5.24. The van der Waals surface area contributed by atoms with Crippen molar-refractivity contribution in [2.24, 2.45) is 11.8 Å². The number of carbonyl (C=O) groups is 2. The van der Waals surface area contributed by atoms with Crippen LogP contribution in [0.3, 0.4) is 0 Å². The van der Waals surface area contributed by atoms with Crippen molar-refractivity contribution in [2.75, 3.05) is 39.3 Å². The molecule has 150 valence electrons. The Morgan fingerprint density at radius 2 is 2.19 bits per heavy atom. The minimum Gasteiger partial charge on any atom is -0.477 e. The quantitative estimate of drug-likeness (QED) is 0.518. The van der Waals surface area contributed by atoms with Gasteiger partial charge >= 0.3 is 5.97 Å². The summed E-state index contributed by atoms with van der Waals surface area (Å²) in [7, 11) is 0. The molecule has 0 spiro atoms. The van der Waals surface area contributed by atoms with E-state index in [4.69, 9.17) is 4.74 Å². The second-order valence-electron chi connectivity index (χ2n) is 7.93. The lowest BCUT2D eigenvalue weighted by Crippen LogP contribution is -2.63. The molecular weight excluding hydrogens is 370 g/mol. The predicted octanol–water partition coefficient (Wildman–Crippen LogP) is -0.454. The van der Waals surface area contributed by atoms with Crippen LogP contribution < -0.4 is 5.32 Å². The number of aliphatic hydroxyl groups excluding tert-OH is 1. The van der Waals surface area contributed by atoms with Crippen LogP contribution in [0.5, 0.6) is 0 Å². The molecule has 3 saturated heterocycles. The molecule has 4 aliphatic heterocycles. The number of hydrogen-bond donors (Lipinski definition) is 3. The topological polar surface area (TPSA) is 102 Å². The summed E-state index contributed by atoms with van der Waals surface area (Å²) in [5, 5.41) is 23.2. The van der Waals surface area contributed by atoms with Crippen molar-refractivity contribution >= 4 is 23.6 Å². The number of carboxylic acids is 1. The maximum absolute atomic E-state index is 12.4. The van der Waals surface area contributed by atoms with Crippen LogP contribution in [0.1, 0.15) is 13.8 Å². The second-order valence-corrected chi connectivity index (χ2v) is 9.27. The number of morpholine rings is 1. The highest BCUT2D eigenvalue weighted by Gasteiger charge is 2.60. The number of β-lactam (4-membered cyclic amide) rings is 1. The number of carbonyl (C=O) groups excluding carboxylic acids is 1. The van der Waals surface area contributed by atoms with Gasteiger partial charge in [0.15, 0.2) is 0 Å². The molecule has 0 saturated carbocycles. The van der Waals surface area contributed by atoms with Gasteiger partial charge in [-0.05, 0) is 6.92 Å². The Morgan fingerprint density at radius 1 is 1.44 bits per heavy atom. The maximum Gasteiger partial charge on any atom is 0.353 e. The molecular formula is C18H27N3O5S. The van der Waals surface area contributed by atoms with E-state index in [1.165, 1.54) is 4.90 Å². The van der Waals surface area contributed by atoms with Crippen LogP contribution in [-0.4, -0.2) is 94.7 Å². The van der Waals surface area contributed by atoms with Crippen LogP contribution in [-0.2, 0) is 14.3 Å². The van der Waals surface area contributed by atoms with Gasteiger partial charge in [0.05, 0.1) is 30.8 Å². The number of aliphatic carboxylic acids is 1. The van der Waals surface area contributed by atoms with Crippen LogP contribution >= 0.6 is 11.8 Å². The van der Waals surface area contributed by atoms with Gasteiger partial charge in [0.1, 0.15) is 5.70 Å². The maximum atomic E-state index is 12.4. The number of amides is 1. The van der Waals surface area contributed by atoms with Gasteiger partial charge in [0, 0.05) is 48.8 Å². The van der Waals surface area contributed by atoms with Gasteiger partial charge in [-0.2, -0.15) is 0 Å². The SMILES string of the molecule is CC(O)[C@H]1C(=O)N2C(C(=O)O)=C(SC3CN(C[C@H]4CNCCO4)C3)[C@H](C)[C@H]12. The van der Waals surface area contributed by atoms with Gasteiger partial charge in [-0.25, -0.2) is 4.79 Å². The van der Waals surface area contributed by atoms with Crippen molar-refractivity contribution in [3.8, 4) is 0 Å². The Hall–Kier alpha value is -1.13. The molecule has 4 heterocycles. The number of nitrogens with one attached hydrogen (secondary N) is 1. The Bertz CT molecular complexity index is 657. The van der Waals surface area contributed by atoms with Crippen molar-refractivity contribution < 1.29 is 24.5 Å². The summed E-state index contributed by atoms with van der Waals surface area (Å²) in [6.07, 6.45) is -0.542. The summed E-state index contributed by atoms with van der Waals surface area (Å²) in [6.45, 7) is 8.78. The zero-order valence-corrected chi connectivity index (χ0v) is 16.4. The summed E-state index contributed by atoms with van der Waals surface area (Å²) in [6, 6.07) is -0.232. The molecule has 4 aliphatic rings. The summed E-state index contributed by atoms with van der Waals surface area (Å²) in [5.74, 6) is -1.88. The summed E-state index contributed by atoms with van der Waals surface area (Å²) in [5.41, 5.74) is 0.123. The third-order valence-corrected chi connectivity index (χ3v) is 7.45. The molecule has 0 radical (unpaired) electrons. The molecule has 0 aromatic carbocycles. The van der Waals surface area contributed by atoms with Crippen molar-refractivity contribution in [1.29, 1.82) is 0 Å². The fraction of sp³-hybridized carbons (Fsp3) is 0.778. The summed E-state index contributed by atoms with van der Waals surface area (Å²) >= 11 is 1.59. The summed E-state index contributed by atoms with van der Waals surface area (Å²) in [4.78, 5) is 28.7. The zero-order chi connectivity index (χ0) is 19.3. The molecule has 0 aliphatic carbocycles. The van der Waals surface area contributed by atoms with Crippen LogP contribution in [0, 0.1) is 11.8 Å². The first-order valence-electron chi connectivity index (χ1n) is 9.58. The van der Waals surface area contributed by atoms with Gasteiger partial charge in [0.25, 0.3) is 0 Å². The fourth-order valence-electron chi connectivity index (χ4n) is 4.63.